The molecule has 2 saturated heterocycles. The molecule has 0 aromatic heterocycles. The first-order valence-electron chi connectivity index (χ1n) is 14.4. The summed E-state index contributed by atoms with van der Waals surface area (Å²) in [5.41, 5.74) is -0.509. The maximum atomic E-state index is 14.3. The van der Waals surface area contributed by atoms with Gasteiger partial charge in [-0.1, -0.05) is 44.4 Å². The number of carbonyl (C=O) groups is 3. The third-order valence-electron chi connectivity index (χ3n) is 9.53. The number of methoxy groups -OCH3 is 1. The number of carbonyl (C=O) groups excluding carboxylic acids is 3. The molecule has 1 aromatic rings. The van der Waals surface area contributed by atoms with Gasteiger partial charge in [-0.3, -0.25) is 14.4 Å². The number of anilines is 1. The standard InChI is InChI=1S/C30H39N3O5/c1-18-11-13-21(14-12-18)33-26(28(35)31-19-7-4-3-5-8-19)30-16-15-23(38-30)24(25(30)29(33)36)27(34)32-20-9-6-10-22(17-20)37-2/h6,9-10,15-19,21,23-26H,3-5,7-8,11-14H2,1-2H3,(H,31,35)(H,32,34)/t18?,21?,23-,24+,25-,26-,30-/m0/s1. The zero-order valence-electron chi connectivity index (χ0n) is 22.4. The van der Waals surface area contributed by atoms with Crippen LogP contribution in [0.25, 0.3) is 0 Å². The van der Waals surface area contributed by atoms with Crippen molar-refractivity contribution in [1.82, 2.24) is 10.2 Å². The molecule has 2 saturated carbocycles. The highest BCUT2D eigenvalue weighted by molar-refractivity contribution is 6.03. The number of benzene rings is 1. The van der Waals surface area contributed by atoms with E-state index in [2.05, 4.69) is 17.6 Å². The van der Waals surface area contributed by atoms with Gasteiger partial charge >= 0.3 is 0 Å². The highest BCUT2D eigenvalue weighted by Crippen LogP contribution is 2.56. The largest absolute Gasteiger partial charge is 0.497 e. The first-order valence-corrected chi connectivity index (χ1v) is 14.4. The Hall–Kier alpha value is -2.87. The summed E-state index contributed by atoms with van der Waals surface area (Å²) >= 11 is 0. The first-order chi connectivity index (χ1) is 18.4. The van der Waals surface area contributed by atoms with E-state index in [-0.39, 0.29) is 29.8 Å². The average Bonchev–Trinajstić information content (AvgIpc) is 3.57. The summed E-state index contributed by atoms with van der Waals surface area (Å²) in [6, 6.07) is 6.54. The fraction of sp³-hybridized carbons (Fsp3) is 0.633. The van der Waals surface area contributed by atoms with Gasteiger partial charge in [-0.15, -0.1) is 0 Å². The van der Waals surface area contributed by atoms with Gasteiger partial charge in [0, 0.05) is 23.8 Å². The predicted octanol–water partition coefficient (Wildman–Crippen LogP) is 3.81. The number of amides is 3. The molecule has 8 heteroatoms. The van der Waals surface area contributed by atoms with Gasteiger partial charge in [0.25, 0.3) is 0 Å². The smallest absolute Gasteiger partial charge is 0.246 e. The first kappa shape index (κ1) is 25.4. The third kappa shape index (κ3) is 4.21. The Labute approximate surface area is 224 Å². The maximum absolute atomic E-state index is 14.3. The van der Waals surface area contributed by atoms with Crippen LogP contribution in [0.4, 0.5) is 5.69 Å². The van der Waals surface area contributed by atoms with Crippen LogP contribution in [-0.4, -0.2) is 59.6 Å². The van der Waals surface area contributed by atoms with E-state index in [0.717, 1.165) is 51.4 Å². The highest BCUT2D eigenvalue weighted by Gasteiger charge is 2.73. The molecule has 5 atom stereocenters. The lowest BCUT2D eigenvalue weighted by Gasteiger charge is -2.40. The minimum absolute atomic E-state index is 0.0149. The van der Waals surface area contributed by atoms with E-state index in [1.165, 1.54) is 6.42 Å². The van der Waals surface area contributed by atoms with E-state index < -0.39 is 29.6 Å². The van der Waals surface area contributed by atoms with E-state index in [4.69, 9.17) is 9.47 Å². The number of fused-ring (bicyclic) bond motifs is 1. The normalized spacial score (nSPS) is 36.3. The lowest BCUT2D eigenvalue weighted by molar-refractivity contribution is -0.145. The monoisotopic (exact) mass is 521 g/mol. The Morgan fingerprint density at radius 1 is 1.05 bits per heavy atom. The second-order valence-electron chi connectivity index (χ2n) is 11.9. The number of nitrogens with zero attached hydrogens (tertiary/aromatic N) is 1. The summed E-state index contributed by atoms with van der Waals surface area (Å²) in [5, 5.41) is 6.26. The molecule has 5 aliphatic rings. The van der Waals surface area contributed by atoms with Crippen LogP contribution in [0.2, 0.25) is 0 Å². The fourth-order valence-corrected chi connectivity index (χ4v) is 7.57. The molecule has 4 fully saturated rings. The van der Waals surface area contributed by atoms with Gasteiger partial charge < -0.3 is 25.0 Å². The van der Waals surface area contributed by atoms with Crippen LogP contribution in [0.15, 0.2) is 36.4 Å². The van der Waals surface area contributed by atoms with Crippen molar-refractivity contribution in [1.29, 1.82) is 0 Å². The van der Waals surface area contributed by atoms with Gasteiger partial charge in [0.05, 0.1) is 25.0 Å². The number of hydrogen-bond acceptors (Lipinski definition) is 5. The second kappa shape index (κ2) is 10.0. The Morgan fingerprint density at radius 3 is 2.55 bits per heavy atom. The SMILES string of the molecule is COc1cccc(NC(=O)[C@@H]2[C@@H]3C=C[C@]4(O3)[C@@H]2C(=O)N(C2CCC(C)CC2)[C@H]4C(=O)NC2CCCCC2)c1. The van der Waals surface area contributed by atoms with Gasteiger partial charge in [-0.05, 0) is 56.6 Å². The molecular formula is C30H39N3O5. The molecule has 3 amide bonds. The van der Waals surface area contributed by atoms with Gasteiger partial charge in [0.15, 0.2) is 0 Å². The molecule has 1 spiro atoms. The Kier molecular flexibility index (Phi) is 6.70. The van der Waals surface area contributed by atoms with E-state index in [1.807, 2.05) is 29.2 Å². The zero-order chi connectivity index (χ0) is 26.4. The lowest BCUT2D eigenvalue weighted by atomic mass is 9.74. The number of nitrogens with one attached hydrogen (secondary N) is 2. The highest BCUT2D eigenvalue weighted by atomic mass is 16.5. The summed E-state index contributed by atoms with van der Waals surface area (Å²) in [6.07, 6.45) is 12.4. The van der Waals surface area contributed by atoms with Crippen molar-refractivity contribution >= 4 is 23.4 Å². The van der Waals surface area contributed by atoms with Crippen LogP contribution in [0.5, 0.6) is 5.75 Å². The quantitative estimate of drug-likeness (QED) is 0.555. The number of rotatable bonds is 6. The Balaban J connectivity index is 1.31. The molecule has 8 nitrogen and oxygen atoms in total. The topological polar surface area (TPSA) is 97.0 Å². The van der Waals surface area contributed by atoms with E-state index in [1.54, 1.807) is 19.2 Å². The molecule has 1 aromatic carbocycles. The number of likely N-dealkylation sites (tertiary alicyclic amines) is 1. The molecule has 2 N–H and O–H groups in total. The van der Waals surface area contributed by atoms with Crippen molar-refractivity contribution in [2.45, 2.75) is 94.5 Å². The lowest BCUT2D eigenvalue weighted by Crippen LogP contribution is -2.58. The van der Waals surface area contributed by atoms with Gasteiger partial charge in [-0.2, -0.15) is 0 Å². The molecule has 3 aliphatic heterocycles. The molecule has 6 rings (SSSR count). The Bertz CT molecular complexity index is 1120. The summed E-state index contributed by atoms with van der Waals surface area (Å²) in [4.78, 5) is 43.8. The van der Waals surface area contributed by atoms with E-state index in [9.17, 15) is 14.4 Å². The molecule has 0 unspecified atom stereocenters. The van der Waals surface area contributed by atoms with Crippen LogP contribution < -0.4 is 15.4 Å². The minimum atomic E-state index is -1.11. The third-order valence-corrected chi connectivity index (χ3v) is 9.53. The van der Waals surface area contributed by atoms with Crippen molar-refractivity contribution in [3.05, 3.63) is 36.4 Å². The summed E-state index contributed by atoms with van der Waals surface area (Å²) in [7, 11) is 1.58. The van der Waals surface area contributed by atoms with E-state index >= 15 is 0 Å². The molecule has 38 heavy (non-hydrogen) atoms. The second-order valence-corrected chi connectivity index (χ2v) is 11.9. The summed E-state index contributed by atoms with van der Waals surface area (Å²) < 4.78 is 11.8. The van der Waals surface area contributed by atoms with Crippen LogP contribution in [0, 0.1) is 17.8 Å². The van der Waals surface area contributed by atoms with Gasteiger partial charge in [0.2, 0.25) is 17.7 Å². The summed E-state index contributed by atoms with van der Waals surface area (Å²) in [5.74, 6) is -0.683. The van der Waals surface area contributed by atoms with Crippen molar-refractivity contribution in [3.8, 4) is 5.75 Å². The minimum Gasteiger partial charge on any atom is -0.497 e. The van der Waals surface area contributed by atoms with Crippen LogP contribution >= 0.6 is 0 Å². The molecule has 0 radical (unpaired) electrons. The van der Waals surface area contributed by atoms with Crippen LogP contribution in [-0.2, 0) is 19.1 Å². The summed E-state index contributed by atoms with van der Waals surface area (Å²) in [6.45, 7) is 2.25. The molecule has 3 heterocycles. The van der Waals surface area contributed by atoms with Gasteiger partial charge in [-0.25, -0.2) is 0 Å². The van der Waals surface area contributed by atoms with Crippen molar-refractivity contribution in [3.63, 3.8) is 0 Å². The number of ether oxygens (including phenoxy) is 2. The van der Waals surface area contributed by atoms with E-state index in [0.29, 0.717) is 17.4 Å². The van der Waals surface area contributed by atoms with Crippen LogP contribution in [0.1, 0.15) is 64.7 Å². The van der Waals surface area contributed by atoms with Crippen LogP contribution in [0.3, 0.4) is 0 Å². The predicted molar refractivity (Wildman–Crippen MR) is 142 cm³/mol. The molecule has 2 bridgehead atoms. The van der Waals surface area contributed by atoms with Crippen molar-refractivity contribution < 1.29 is 23.9 Å². The maximum Gasteiger partial charge on any atom is 0.246 e. The Morgan fingerprint density at radius 2 is 1.82 bits per heavy atom. The van der Waals surface area contributed by atoms with Crippen molar-refractivity contribution in [2.75, 3.05) is 12.4 Å². The molecule has 204 valence electrons. The van der Waals surface area contributed by atoms with Crippen molar-refractivity contribution in [2.24, 2.45) is 17.8 Å². The molecule has 2 aliphatic carbocycles. The molecular weight excluding hydrogens is 482 g/mol. The zero-order valence-corrected chi connectivity index (χ0v) is 22.4. The van der Waals surface area contributed by atoms with Gasteiger partial charge in [0.1, 0.15) is 17.4 Å². The fourth-order valence-electron chi connectivity index (χ4n) is 7.57. The average molecular weight is 522 g/mol. The number of hydrogen-bond donors (Lipinski definition) is 2.